The van der Waals surface area contributed by atoms with E-state index in [1.54, 1.807) is 0 Å². The number of nitrogens with one attached hydrogen (secondary N) is 1. The van der Waals surface area contributed by atoms with Crippen LogP contribution in [0.25, 0.3) is 0 Å². The Labute approximate surface area is 89.9 Å². The van der Waals surface area contributed by atoms with Gasteiger partial charge in [0.05, 0.1) is 6.10 Å². The molecule has 1 aromatic carbocycles. The zero-order chi connectivity index (χ0) is 10.6. The molecule has 0 saturated carbocycles. The van der Waals surface area contributed by atoms with Gasteiger partial charge in [0.15, 0.2) is 0 Å². The van der Waals surface area contributed by atoms with E-state index in [1.165, 1.54) is 0 Å². The van der Waals surface area contributed by atoms with Gasteiger partial charge >= 0.3 is 0 Å². The van der Waals surface area contributed by atoms with Crippen molar-refractivity contribution in [2.45, 2.75) is 20.0 Å². The molecule has 3 heteroatoms. The smallest absolute Gasteiger partial charge is 0.0735 e. The van der Waals surface area contributed by atoms with Crippen LogP contribution in [0, 0.1) is 5.92 Å². The number of benzene rings is 1. The lowest BCUT2D eigenvalue weighted by Crippen LogP contribution is -2.24. The van der Waals surface area contributed by atoms with Crippen molar-refractivity contribution in [3.8, 4) is 0 Å². The fraction of sp³-hybridized carbons (Fsp3) is 0.455. The number of rotatable bonds is 4. The summed E-state index contributed by atoms with van der Waals surface area (Å²) in [6, 6.07) is 7.48. The van der Waals surface area contributed by atoms with Crippen molar-refractivity contribution in [3.63, 3.8) is 0 Å². The molecule has 0 aromatic heterocycles. The highest BCUT2D eigenvalue weighted by atomic mass is 35.5. The Hall–Kier alpha value is -0.730. The minimum absolute atomic E-state index is 0.265. The molecule has 0 radical (unpaired) electrons. The Morgan fingerprint density at radius 1 is 1.43 bits per heavy atom. The molecule has 2 nitrogen and oxygen atoms in total. The highest BCUT2D eigenvalue weighted by Gasteiger charge is 2.07. The van der Waals surface area contributed by atoms with E-state index in [4.69, 9.17) is 11.6 Å². The first-order valence-electron chi connectivity index (χ1n) is 4.77. The van der Waals surface area contributed by atoms with E-state index < -0.39 is 0 Å². The highest BCUT2D eigenvalue weighted by molar-refractivity contribution is 6.30. The van der Waals surface area contributed by atoms with E-state index in [0.717, 1.165) is 5.69 Å². The van der Waals surface area contributed by atoms with Crippen molar-refractivity contribution in [3.05, 3.63) is 29.3 Å². The highest BCUT2D eigenvalue weighted by Crippen LogP contribution is 2.15. The predicted octanol–water partition coefficient (Wildman–Crippen LogP) is 2.77. The Morgan fingerprint density at radius 3 is 2.71 bits per heavy atom. The molecule has 14 heavy (non-hydrogen) atoms. The molecule has 0 spiro atoms. The lowest BCUT2D eigenvalue weighted by molar-refractivity contribution is 0.138. The van der Waals surface area contributed by atoms with Gasteiger partial charge in [0.25, 0.3) is 0 Å². The minimum atomic E-state index is -0.325. The Morgan fingerprint density at radius 2 is 2.14 bits per heavy atom. The molecule has 0 saturated heterocycles. The first-order valence-corrected chi connectivity index (χ1v) is 5.15. The van der Waals surface area contributed by atoms with Gasteiger partial charge in [0.2, 0.25) is 0 Å². The lowest BCUT2D eigenvalue weighted by Gasteiger charge is -2.15. The largest absolute Gasteiger partial charge is 0.391 e. The molecule has 78 valence electrons. The quantitative estimate of drug-likeness (QED) is 0.806. The van der Waals surface area contributed by atoms with Gasteiger partial charge in [-0.2, -0.15) is 0 Å². The maximum Gasteiger partial charge on any atom is 0.0735 e. The Bertz CT molecular complexity index is 288. The zero-order valence-corrected chi connectivity index (χ0v) is 9.25. The third-order valence-electron chi connectivity index (χ3n) is 2.11. The summed E-state index contributed by atoms with van der Waals surface area (Å²) in [6.07, 6.45) is -0.325. The average molecular weight is 214 g/mol. The lowest BCUT2D eigenvalue weighted by atomic mass is 10.1. The molecule has 0 fully saturated rings. The second kappa shape index (κ2) is 5.23. The van der Waals surface area contributed by atoms with Crippen LogP contribution < -0.4 is 5.32 Å². The minimum Gasteiger partial charge on any atom is -0.391 e. The standard InChI is InChI=1S/C11H16ClNO/c1-8(2)11(14)7-13-10-5-3-4-9(12)6-10/h3-6,8,11,13-14H,7H2,1-2H3. The zero-order valence-electron chi connectivity index (χ0n) is 8.50. The molecule has 0 amide bonds. The topological polar surface area (TPSA) is 32.3 Å². The van der Waals surface area contributed by atoms with Crippen molar-refractivity contribution >= 4 is 17.3 Å². The maximum atomic E-state index is 9.56. The van der Waals surface area contributed by atoms with Crippen molar-refractivity contribution in [1.29, 1.82) is 0 Å². The van der Waals surface area contributed by atoms with E-state index in [-0.39, 0.29) is 12.0 Å². The summed E-state index contributed by atoms with van der Waals surface area (Å²) in [5, 5.41) is 13.4. The van der Waals surface area contributed by atoms with Crippen LogP contribution in [0.2, 0.25) is 5.02 Å². The monoisotopic (exact) mass is 213 g/mol. The first-order chi connectivity index (χ1) is 6.59. The van der Waals surface area contributed by atoms with Crippen LogP contribution in [0.1, 0.15) is 13.8 Å². The molecule has 1 aromatic rings. The number of aliphatic hydroxyl groups is 1. The van der Waals surface area contributed by atoms with E-state index in [2.05, 4.69) is 5.32 Å². The van der Waals surface area contributed by atoms with Crippen molar-refractivity contribution in [1.82, 2.24) is 0 Å². The molecule has 0 bridgehead atoms. The van der Waals surface area contributed by atoms with Gasteiger partial charge < -0.3 is 10.4 Å². The van der Waals surface area contributed by atoms with Gasteiger partial charge in [-0.3, -0.25) is 0 Å². The summed E-state index contributed by atoms with van der Waals surface area (Å²) >= 11 is 5.82. The maximum absolute atomic E-state index is 9.56. The molecule has 2 N–H and O–H groups in total. The molecule has 1 unspecified atom stereocenters. The summed E-state index contributed by atoms with van der Waals surface area (Å²) in [5.74, 6) is 0.265. The van der Waals surface area contributed by atoms with Gasteiger partial charge in [0, 0.05) is 17.3 Å². The molecule has 0 aliphatic rings. The van der Waals surface area contributed by atoms with Crippen LogP contribution in [0.4, 0.5) is 5.69 Å². The normalized spacial score (nSPS) is 12.9. The number of aliphatic hydroxyl groups excluding tert-OH is 1. The van der Waals surface area contributed by atoms with Crippen LogP contribution in [0.5, 0.6) is 0 Å². The summed E-state index contributed by atoms with van der Waals surface area (Å²) in [6.45, 7) is 4.53. The van der Waals surface area contributed by atoms with Gasteiger partial charge in [-0.25, -0.2) is 0 Å². The van der Waals surface area contributed by atoms with Crippen LogP contribution in [-0.4, -0.2) is 17.8 Å². The van der Waals surface area contributed by atoms with Crippen LogP contribution in [-0.2, 0) is 0 Å². The fourth-order valence-corrected chi connectivity index (χ4v) is 1.25. The van der Waals surface area contributed by atoms with Gasteiger partial charge in [0.1, 0.15) is 0 Å². The fourth-order valence-electron chi connectivity index (χ4n) is 1.06. The second-order valence-electron chi connectivity index (χ2n) is 3.70. The third kappa shape index (κ3) is 3.56. The SMILES string of the molecule is CC(C)C(O)CNc1cccc(Cl)c1. The molecule has 1 rings (SSSR count). The number of halogens is 1. The van der Waals surface area contributed by atoms with Crippen molar-refractivity contribution < 1.29 is 5.11 Å². The van der Waals surface area contributed by atoms with Gasteiger partial charge in [-0.05, 0) is 24.1 Å². The van der Waals surface area contributed by atoms with E-state index in [0.29, 0.717) is 11.6 Å². The first kappa shape index (κ1) is 11.3. The summed E-state index contributed by atoms with van der Waals surface area (Å²) < 4.78 is 0. The molecular weight excluding hydrogens is 198 g/mol. The van der Waals surface area contributed by atoms with E-state index in [9.17, 15) is 5.11 Å². The van der Waals surface area contributed by atoms with E-state index in [1.807, 2.05) is 38.1 Å². The number of hydrogen-bond acceptors (Lipinski definition) is 2. The van der Waals surface area contributed by atoms with Crippen molar-refractivity contribution in [2.24, 2.45) is 5.92 Å². The Kier molecular flexibility index (Phi) is 4.23. The second-order valence-corrected chi connectivity index (χ2v) is 4.14. The number of anilines is 1. The Balaban J connectivity index is 2.45. The summed E-state index contributed by atoms with van der Waals surface area (Å²) in [7, 11) is 0. The molecular formula is C11H16ClNO. The van der Waals surface area contributed by atoms with Crippen molar-refractivity contribution in [2.75, 3.05) is 11.9 Å². The predicted molar refractivity (Wildman–Crippen MR) is 60.8 cm³/mol. The molecule has 0 aliphatic heterocycles. The third-order valence-corrected chi connectivity index (χ3v) is 2.34. The van der Waals surface area contributed by atoms with E-state index >= 15 is 0 Å². The van der Waals surface area contributed by atoms with Crippen LogP contribution in [0.3, 0.4) is 0 Å². The number of hydrogen-bond donors (Lipinski definition) is 2. The molecule has 0 heterocycles. The van der Waals surface area contributed by atoms with Crippen LogP contribution in [0.15, 0.2) is 24.3 Å². The average Bonchev–Trinajstić information content (AvgIpc) is 2.14. The van der Waals surface area contributed by atoms with Crippen LogP contribution >= 0.6 is 11.6 Å². The summed E-state index contributed by atoms with van der Waals surface area (Å²) in [5.41, 5.74) is 0.942. The van der Waals surface area contributed by atoms with Gasteiger partial charge in [-0.1, -0.05) is 31.5 Å². The van der Waals surface area contributed by atoms with Gasteiger partial charge in [-0.15, -0.1) is 0 Å². The molecule has 0 aliphatic carbocycles. The summed E-state index contributed by atoms with van der Waals surface area (Å²) in [4.78, 5) is 0. The molecule has 1 atom stereocenters.